The topological polar surface area (TPSA) is 151 Å². The fourth-order valence-corrected chi connectivity index (χ4v) is 3.30. The van der Waals surface area contributed by atoms with Gasteiger partial charge in [0.1, 0.15) is 5.84 Å². The van der Waals surface area contributed by atoms with Gasteiger partial charge in [-0.3, -0.25) is 15.0 Å². The SMILES string of the molecule is N=C(N)c1ccc(/C=C/c2ccc3c(c2)C(=O)N(CCC(=O)O)Cc2nnnn2-3)cc1. The summed E-state index contributed by atoms with van der Waals surface area (Å²) in [6.45, 7) is 0.185. The van der Waals surface area contributed by atoms with Gasteiger partial charge in [-0.1, -0.05) is 42.5 Å². The molecular weight excluding hydrogens is 398 g/mol. The second-order valence-corrected chi connectivity index (χ2v) is 7.02. The number of rotatable bonds is 6. The number of carbonyl (C=O) groups excluding carboxylic acids is 1. The zero-order valence-corrected chi connectivity index (χ0v) is 16.4. The minimum atomic E-state index is -0.982. The van der Waals surface area contributed by atoms with Gasteiger partial charge < -0.3 is 15.7 Å². The number of fused-ring (bicyclic) bond motifs is 3. The lowest BCUT2D eigenvalue weighted by Gasteiger charge is -2.19. The summed E-state index contributed by atoms with van der Waals surface area (Å²) >= 11 is 0. The molecule has 0 bridgehead atoms. The second kappa shape index (κ2) is 8.19. The molecule has 0 spiro atoms. The fraction of sp³-hybridized carbons (Fsp3) is 0.143. The van der Waals surface area contributed by atoms with Crippen LogP contribution in [0.1, 0.15) is 39.3 Å². The van der Waals surface area contributed by atoms with Gasteiger partial charge >= 0.3 is 5.97 Å². The van der Waals surface area contributed by atoms with Crippen molar-refractivity contribution in [1.29, 1.82) is 5.41 Å². The Balaban J connectivity index is 1.66. The first kappa shape index (κ1) is 20.0. The molecule has 0 saturated carbocycles. The summed E-state index contributed by atoms with van der Waals surface area (Å²) in [6, 6.07) is 12.6. The van der Waals surface area contributed by atoms with Crippen LogP contribution in [0.5, 0.6) is 0 Å². The van der Waals surface area contributed by atoms with Crippen molar-refractivity contribution < 1.29 is 14.7 Å². The molecule has 3 aromatic rings. The number of nitrogens with two attached hydrogens (primary N) is 1. The third-order valence-corrected chi connectivity index (χ3v) is 4.92. The van der Waals surface area contributed by atoms with Crippen molar-refractivity contribution >= 4 is 29.9 Å². The van der Waals surface area contributed by atoms with Crippen molar-refractivity contribution in [3.63, 3.8) is 0 Å². The van der Waals surface area contributed by atoms with E-state index in [4.69, 9.17) is 16.2 Å². The number of amides is 1. The largest absolute Gasteiger partial charge is 0.481 e. The van der Waals surface area contributed by atoms with Crippen LogP contribution in [-0.2, 0) is 11.3 Å². The maximum atomic E-state index is 13.1. The Morgan fingerprint density at radius 2 is 1.87 bits per heavy atom. The number of nitrogen functional groups attached to an aromatic ring is 1. The Hall–Kier alpha value is -4.34. The van der Waals surface area contributed by atoms with E-state index in [1.165, 1.54) is 9.58 Å². The molecule has 0 fully saturated rings. The summed E-state index contributed by atoms with van der Waals surface area (Å²) in [6.07, 6.45) is 3.58. The molecule has 0 unspecified atom stereocenters. The Morgan fingerprint density at radius 3 is 2.58 bits per heavy atom. The van der Waals surface area contributed by atoms with Crippen LogP contribution < -0.4 is 5.73 Å². The number of aromatic nitrogens is 4. The number of carbonyl (C=O) groups is 2. The summed E-state index contributed by atoms with van der Waals surface area (Å²) in [4.78, 5) is 25.6. The Morgan fingerprint density at radius 1 is 1.16 bits per heavy atom. The first-order valence-electron chi connectivity index (χ1n) is 9.47. The number of nitrogens with one attached hydrogen (secondary N) is 1. The minimum absolute atomic E-state index is 0.00853. The van der Waals surface area contributed by atoms with Gasteiger partial charge in [-0.2, -0.15) is 4.68 Å². The third kappa shape index (κ3) is 4.17. The molecule has 4 N–H and O–H groups in total. The number of tetrazole rings is 1. The van der Waals surface area contributed by atoms with Crippen LogP contribution >= 0.6 is 0 Å². The zero-order chi connectivity index (χ0) is 22.0. The van der Waals surface area contributed by atoms with E-state index in [0.29, 0.717) is 22.6 Å². The van der Waals surface area contributed by atoms with E-state index < -0.39 is 5.97 Å². The molecule has 1 aromatic heterocycles. The maximum absolute atomic E-state index is 13.1. The van der Waals surface area contributed by atoms with E-state index in [-0.39, 0.29) is 31.3 Å². The molecule has 156 valence electrons. The summed E-state index contributed by atoms with van der Waals surface area (Å²) in [7, 11) is 0. The molecule has 10 heteroatoms. The van der Waals surface area contributed by atoms with Crippen LogP contribution in [0.3, 0.4) is 0 Å². The van der Waals surface area contributed by atoms with E-state index >= 15 is 0 Å². The predicted octanol–water partition coefficient (Wildman–Crippen LogP) is 1.55. The van der Waals surface area contributed by atoms with Crippen LogP contribution in [0.25, 0.3) is 17.8 Å². The summed E-state index contributed by atoms with van der Waals surface area (Å²) in [5.74, 6) is -0.797. The van der Waals surface area contributed by atoms with Crippen molar-refractivity contribution in [2.24, 2.45) is 5.73 Å². The number of carboxylic acid groups (broad SMARTS) is 1. The molecule has 0 saturated heterocycles. The molecular formula is C21H19N7O3. The fourth-order valence-electron chi connectivity index (χ4n) is 3.30. The second-order valence-electron chi connectivity index (χ2n) is 7.02. The van der Waals surface area contributed by atoms with E-state index in [0.717, 1.165) is 11.1 Å². The number of hydrogen-bond donors (Lipinski definition) is 3. The van der Waals surface area contributed by atoms with Gasteiger partial charge in [-0.25, -0.2) is 0 Å². The molecule has 1 aliphatic rings. The van der Waals surface area contributed by atoms with Crippen LogP contribution in [0.4, 0.5) is 0 Å². The number of benzene rings is 2. The highest BCUT2D eigenvalue weighted by atomic mass is 16.4. The summed E-state index contributed by atoms with van der Waals surface area (Å²) in [5, 5.41) is 28.1. The molecule has 10 nitrogen and oxygen atoms in total. The Bertz CT molecular complexity index is 1200. The number of amidine groups is 1. The average molecular weight is 417 g/mol. The first-order chi connectivity index (χ1) is 14.9. The average Bonchev–Trinajstić information content (AvgIpc) is 3.18. The quantitative estimate of drug-likeness (QED) is 0.313. The van der Waals surface area contributed by atoms with Crippen molar-refractivity contribution in [3.8, 4) is 5.69 Å². The minimum Gasteiger partial charge on any atom is -0.481 e. The number of carboxylic acids is 1. The number of aliphatic carboxylic acids is 1. The van der Waals surface area contributed by atoms with Crippen LogP contribution in [0.2, 0.25) is 0 Å². The van der Waals surface area contributed by atoms with E-state index in [9.17, 15) is 9.59 Å². The highest BCUT2D eigenvalue weighted by Crippen LogP contribution is 2.24. The monoisotopic (exact) mass is 417 g/mol. The first-order valence-corrected chi connectivity index (χ1v) is 9.47. The summed E-state index contributed by atoms with van der Waals surface area (Å²) in [5.41, 5.74) is 8.76. The van der Waals surface area contributed by atoms with Gasteiger partial charge in [0.05, 0.1) is 24.2 Å². The summed E-state index contributed by atoms with van der Waals surface area (Å²) < 4.78 is 1.50. The maximum Gasteiger partial charge on any atom is 0.305 e. The van der Waals surface area contributed by atoms with Gasteiger partial charge in [0.15, 0.2) is 5.82 Å². The number of hydrogen-bond acceptors (Lipinski definition) is 6. The predicted molar refractivity (Wildman–Crippen MR) is 113 cm³/mol. The Labute approximate surface area is 177 Å². The van der Waals surface area contributed by atoms with Crippen LogP contribution in [0.15, 0.2) is 42.5 Å². The molecule has 1 amide bonds. The molecule has 0 atom stereocenters. The van der Waals surface area contributed by atoms with Crippen LogP contribution in [0, 0.1) is 5.41 Å². The van der Waals surface area contributed by atoms with Crippen molar-refractivity contribution in [3.05, 3.63) is 70.5 Å². The van der Waals surface area contributed by atoms with E-state index in [1.54, 1.807) is 24.3 Å². The lowest BCUT2D eigenvalue weighted by molar-refractivity contribution is -0.137. The van der Waals surface area contributed by atoms with Gasteiger partial charge in [-0.15, -0.1) is 5.10 Å². The van der Waals surface area contributed by atoms with Crippen molar-refractivity contribution in [2.45, 2.75) is 13.0 Å². The van der Waals surface area contributed by atoms with Gasteiger partial charge in [-0.05, 0) is 33.7 Å². The molecule has 31 heavy (non-hydrogen) atoms. The molecule has 0 aliphatic carbocycles. The van der Waals surface area contributed by atoms with Gasteiger partial charge in [0.2, 0.25) is 0 Å². The number of nitrogens with zero attached hydrogens (tertiary/aromatic N) is 5. The smallest absolute Gasteiger partial charge is 0.305 e. The zero-order valence-electron chi connectivity index (χ0n) is 16.4. The standard InChI is InChI=1S/C21H19N7O3/c22-20(23)15-6-3-13(4-7-15)1-2-14-5-8-17-16(11-14)21(31)27(10-9-19(29)30)12-18-24-25-26-28(17)18/h1-8,11H,9-10,12H2,(H3,22,23)(H,29,30)/b2-1+. The van der Waals surface area contributed by atoms with E-state index in [1.807, 2.05) is 30.4 Å². The van der Waals surface area contributed by atoms with E-state index in [2.05, 4.69) is 15.5 Å². The molecule has 4 rings (SSSR count). The van der Waals surface area contributed by atoms with Crippen molar-refractivity contribution in [1.82, 2.24) is 25.1 Å². The van der Waals surface area contributed by atoms with Crippen molar-refractivity contribution in [2.75, 3.05) is 6.54 Å². The lowest BCUT2D eigenvalue weighted by Crippen LogP contribution is -2.32. The van der Waals surface area contributed by atoms with Gasteiger partial charge in [0, 0.05) is 12.1 Å². The van der Waals surface area contributed by atoms with Gasteiger partial charge in [0.25, 0.3) is 5.91 Å². The molecule has 2 heterocycles. The van der Waals surface area contributed by atoms with Crippen LogP contribution in [-0.4, -0.2) is 54.5 Å². The lowest BCUT2D eigenvalue weighted by atomic mass is 10.1. The molecule has 0 radical (unpaired) electrons. The Kier molecular flexibility index (Phi) is 5.27. The normalized spacial score (nSPS) is 13.0. The molecule has 1 aliphatic heterocycles. The highest BCUT2D eigenvalue weighted by Gasteiger charge is 2.28. The third-order valence-electron chi connectivity index (χ3n) is 4.92. The highest BCUT2D eigenvalue weighted by molar-refractivity contribution is 5.99. The molecule has 2 aromatic carbocycles.